The molecule has 1 aromatic heterocycles. The second-order valence-corrected chi connectivity index (χ2v) is 5.26. The topological polar surface area (TPSA) is 45.4 Å². The standard InChI is InChI=1S/C19H18N2O2/c1-3-23-15-8-6-7-14(13-15)11-12-17-19(22)21(2)18-10-5-4-9-16(18)20-17/h4-13H,3H2,1-2H3/p+1/b12-11+. The fraction of sp³-hybridized carbons (Fsp3) is 0.158. The number of rotatable bonds is 4. The average Bonchev–Trinajstić information content (AvgIpc) is 2.57. The molecular formula is C19H19N2O2+. The highest BCUT2D eigenvalue weighted by atomic mass is 16.5. The van der Waals surface area contributed by atoms with E-state index in [-0.39, 0.29) is 5.56 Å². The van der Waals surface area contributed by atoms with Crippen molar-refractivity contribution in [3.05, 3.63) is 70.1 Å². The van der Waals surface area contributed by atoms with Crippen LogP contribution in [0.3, 0.4) is 0 Å². The number of aromatic nitrogens is 2. The summed E-state index contributed by atoms with van der Waals surface area (Å²) in [6.45, 7) is 2.59. The third kappa shape index (κ3) is 3.16. The van der Waals surface area contributed by atoms with Crippen molar-refractivity contribution in [2.75, 3.05) is 6.61 Å². The van der Waals surface area contributed by atoms with E-state index in [1.807, 2.05) is 61.5 Å². The predicted molar refractivity (Wildman–Crippen MR) is 92.3 cm³/mol. The van der Waals surface area contributed by atoms with Crippen LogP contribution in [-0.4, -0.2) is 11.2 Å². The smallest absolute Gasteiger partial charge is 0.322 e. The van der Waals surface area contributed by atoms with Crippen molar-refractivity contribution in [1.82, 2.24) is 4.57 Å². The summed E-state index contributed by atoms with van der Waals surface area (Å²) in [4.78, 5) is 15.6. The highest BCUT2D eigenvalue weighted by Gasteiger charge is 2.11. The lowest BCUT2D eigenvalue weighted by atomic mass is 10.2. The molecule has 23 heavy (non-hydrogen) atoms. The van der Waals surface area contributed by atoms with E-state index in [0.29, 0.717) is 12.3 Å². The molecule has 1 N–H and O–H groups in total. The van der Waals surface area contributed by atoms with Gasteiger partial charge >= 0.3 is 5.56 Å². The van der Waals surface area contributed by atoms with Gasteiger partial charge in [0.2, 0.25) is 5.52 Å². The molecule has 4 heteroatoms. The lowest BCUT2D eigenvalue weighted by Gasteiger charge is -2.03. The first-order valence-electron chi connectivity index (χ1n) is 7.61. The molecule has 0 amide bonds. The van der Waals surface area contributed by atoms with Crippen molar-refractivity contribution in [3.63, 3.8) is 0 Å². The van der Waals surface area contributed by atoms with E-state index in [0.717, 1.165) is 22.3 Å². The minimum Gasteiger partial charge on any atom is -0.494 e. The number of nitrogens with one attached hydrogen (secondary N) is 1. The van der Waals surface area contributed by atoms with E-state index in [4.69, 9.17) is 4.74 Å². The van der Waals surface area contributed by atoms with Crippen molar-refractivity contribution < 1.29 is 9.72 Å². The normalized spacial score (nSPS) is 11.2. The van der Waals surface area contributed by atoms with Crippen LogP contribution in [0.25, 0.3) is 23.2 Å². The number of para-hydroxylation sites is 2. The number of ether oxygens (including phenoxy) is 1. The summed E-state index contributed by atoms with van der Waals surface area (Å²) in [5.41, 5.74) is 3.29. The molecule has 0 radical (unpaired) electrons. The number of hydrogen-bond acceptors (Lipinski definition) is 2. The first kappa shape index (κ1) is 15.0. The van der Waals surface area contributed by atoms with Crippen molar-refractivity contribution >= 4 is 23.2 Å². The van der Waals surface area contributed by atoms with E-state index < -0.39 is 0 Å². The van der Waals surface area contributed by atoms with Crippen LogP contribution in [0.1, 0.15) is 18.2 Å². The van der Waals surface area contributed by atoms with Gasteiger partial charge in [0.05, 0.1) is 6.61 Å². The number of fused-ring (bicyclic) bond motifs is 1. The predicted octanol–water partition coefficient (Wildman–Crippen LogP) is 2.92. The SMILES string of the molecule is CCOc1cccc(/C=C/c2[nH+]c3ccccc3n(C)c2=O)c1. The summed E-state index contributed by atoms with van der Waals surface area (Å²) in [7, 11) is 1.78. The lowest BCUT2D eigenvalue weighted by Crippen LogP contribution is -2.29. The van der Waals surface area contributed by atoms with Gasteiger partial charge in [0, 0.05) is 19.2 Å². The maximum Gasteiger partial charge on any atom is 0.322 e. The van der Waals surface area contributed by atoms with Gasteiger partial charge in [-0.05, 0) is 36.8 Å². The minimum atomic E-state index is -0.0547. The lowest BCUT2D eigenvalue weighted by molar-refractivity contribution is -0.350. The van der Waals surface area contributed by atoms with Gasteiger partial charge in [0.25, 0.3) is 5.69 Å². The van der Waals surface area contributed by atoms with Crippen molar-refractivity contribution in [1.29, 1.82) is 0 Å². The molecule has 0 aliphatic rings. The summed E-state index contributed by atoms with van der Waals surface area (Å²) in [5.74, 6) is 0.824. The van der Waals surface area contributed by atoms with E-state index in [1.165, 1.54) is 0 Å². The van der Waals surface area contributed by atoms with Gasteiger partial charge in [0.15, 0.2) is 0 Å². The Balaban J connectivity index is 1.99. The summed E-state index contributed by atoms with van der Waals surface area (Å²) in [5, 5.41) is 0. The molecule has 0 aliphatic carbocycles. The third-order valence-corrected chi connectivity index (χ3v) is 3.68. The first-order chi connectivity index (χ1) is 11.2. The summed E-state index contributed by atoms with van der Waals surface area (Å²) in [6, 6.07) is 15.5. The van der Waals surface area contributed by atoms with Gasteiger partial charge in [-0.3, -0.25) is 4.79 Å². The Kier molecular flexibility index (Phi) is 4.24. The molecule has 4 nitrogen and oxygen atoms in total. The number of benzene rings is 2. The van der Waals surface area contributed by atoms with Crippen LogP contribution < -0.4 is 15.3 Å². The Morgan fingerprint density at radius 3 is 2.78 bits per heavy atom. The maximum absolute atomic E-state index is 12.4. The summed E-state index contributed by atoms with van der Waals surface area (Å²) in [6.07, 6.45) is 3.71. The van der Waals surface area contributed by atoms with E-state index >= 15 is 0 Å². The quantitative estimate of drug-likeness (QED) is 0.744. The van der Waals surface area contributed by atoms with Gasteiger partial charge in [-0.1, -0.05) is 24.3 Å². The van der Waals surface area contributed by atoms with Crippen LogP contribution in [-0.2, 0) is 7.05 Å². The Bertz CT molecular complexity index is 926. The van der Waals surface area contributed by atoms with Gasteiger partial charge in [-0.15, -0.1) is 0 Å². The average molecular weight is 307 g/mol. The van der Waals surface area contributed by atoms with Gasteiger partial charge < -0.3 is 9.30 Å². The zero-order valence-electron chi connectivity index (χ0n) is 13.2. The van der Waals surface area contributed by atoms with Crippen LogP contribution in [0.15, 0.2) is 53.3 Å². The van der Waals surface area contributed by atoms with Crippen LogP contribution >= 0.6 is 0 Å². The highest BCUT2D eigenvalue weighted by molar-refractivity contribution is 5.73. The Morgan fingerprint density at radius 2 is 1.96 bits per heavy atom. The van der Waals surface area contributed by atoms with Crippen molar-refractivity contribution in [3.8, 4) is 5.75 Å². The number of aromatic amines is 1. The van der Waals surface area contributed by atoms with Crippen molar-refractivity contribution in [2.45, 2.75) is 6.92 Å². The fourth-order valence-corrected chi connectivity index (χ4v) is 2.53. The molecule has 0 unspecified atom stereocenters. The monoisotopic (exact) mass is 307 g/mol. The highest BCUT2D eigenvalue weighted by Crippen LogP contribution is 2.15. The molecule has 0 aliphatic heterocycles. The molecule has 3 aromatic rings. The molecule has 0 saturated carbocycles. The third-order valence-electron chi connectivity index (χ3n) is 3.68. The number of hydrogen-bond donors (Lipinski definition) is 0. The number of aryl methyl sites for hydroxylation is 1. The Labute approximate surface area is 134 Å². The van der Waals surface area contributed by atoms with Gasteiger partial charge in [-0.25, -0.2) is 0 Å². The van der Waals surface area contributed by atoms with Gasteiger partial charge in [-0.2, -0.15) is 4.98 Å². The number of H-pyrrole nitrogens is 1. The van der Waals surface area contributed by atoms with E-state index in [9.17, 15) is 4.79 Å². The molecule has 0 bridgehead atoms. The van der Waals surface area contributed by atoms with Crippen LogP contribution in [0.5, 0.6) is 5.75 Å². The Hall–Kier alpha value is -2.88. The number of nitrogens with zero attached hydrogens (tertiary/aromatic N) is 1. The molecule has 116 valence electrons. The molecule has 1 heterocycles. The van der Waals surface area contributed by atoms with Crippen LogP contribution in [0.4, 0.5) is 0 Å². The second-order valence-electron chi connectivity index (χ2n) is 5.26. The van der Waals surface area contributed by atoms with Crippen LogP contribution in [0.2, 0.25) is 0 Å². The van der Waals surface area contributed by atoms with E-state index in [1.54, 1.807) is 17.7 Å². The fourth-order valence-electron chi connectivity index (χ4n) is 2.53. The molecular weight excluding hydrogens is 288 g/mol. The molecule has 0 saturated heterocycles. The van der Waals surface area contributed by atoms with Gasteiger partial charge in [0.1, 0.15) is 11.3 Å². The molecule has 2 aromatic carbocycles. The Morgan fingerprint density at radius 1 is 1.13 bits per heavy atom. The second kappa shape index (κ2) is 6.48. The molecule has 0 spiro atoms. The maximum atomic E-state index is 12.4. The zero-order valence-corrected chi connectivity index (χ0v) is 13.2. The van der Waals surface area contributed by atoms with Crippen LogP contribution in [0, 0.1) is 0 Å². The van der Waals surface area contributed by atoms with Crippen molar-refractivity contribution in [2.24, 2.45) is 7.05 Å². The summed E-state index contributed by atoms with van der Waals surface area (Å²) < 4.78 is 7.15. The molecule has 0 atom stereocenters. The molecule has 3 rings (SSSR count). The summed E-state index contributed by atoms with van der Waals surface area (Å²) >= 11 is 0. The largest absolute Gasteiger partial charge is 0.494 e. The first-order valence-corrected chi connectivity index (χ1v) is 7.61. The zero-order chi connectivity index (χ0) is 16.2. The van der Waals surface area contributed by atoms with E-state index in [2.05, 4.69) is 4.98 Å². The molecule has 0 fully saturated rings. The minimum absolute atomic E-state index is 0.0547.